The predicted molar refractivity (Wildman–Crippen MR) is 81.6 cm³/mol. The van der Waals surface area contributed by atoms with Crippen LogP contribution in [0.3, 0.4) is 0 Å². The van der Waals surface area contributed by atoms with E-state index < -0.39 is 5.82 Å². The molecule has 0 aliphatic rings. The second-order valence-electron chi connectivity index (χ2n) is 4.12. The van der Waals surface area contributed by atoms with E-state index in [-0.39, 0.29) is 17.2 Å². The Balaban J connectivity index is 2.21. The van der Waals surface area contributed by atoms with E-state index in [1.165, 1.54) is 12.1 Å². The Morgan fingerprint density at radius 1 is 1.30 bits per heavy atom. The SMILES string of the molecule is CCSc1ccccc1NC(=O)c1ccc(N)c(F)c1. The van der Waals surface area contributed by atoms with Crippen molar-refractivity contribution >= 4 is 29.0 Å². The number of hydrogen-bond acceptors (Lipinski definition) is 3. The number of nitrogen functional groups attached to an aromatic ring is 1. The highest BCUT2D eigenvalue weighted by molar-refractivity contribution is 7.99. The average Bonchev–Trinajstić information content (AvgIpc) is 2.44. The van der Waals surface area contributed by atoms with Gasteiger partial charge in [-0.25, -0.2) is 4.39 Å². The zero-order valence-electron chi connectivity index (χ0n) is 11.0. The number of para-hydroxylation sites is 1. The molecular weight excluding hydrogens is 275 g/mol. The molecule has 0 radical (unpaired) electrons. The van der Waals surface area contributed by atoms with Crippen molar-refractivity contribution in [2.75, 3.05) is 16.8 Å². The number of benzene rings is 2. The lowest BCUT2D eigenvalue weighted by molar-refractivity contribution is 0.102. The van der Waals surface area contributed by atoms with Crippen LogP contribution in [-0.4, -0.2) is 11.7 Å². The molecule has 0 aromatic heterocycles. The monoisotopic (exact) mass is 290 g/mol. The van der Waals surface area contributed by atoms with Crippen LogP contribution in [-0.2, 0) is 0 Å². The average molecular weight is 290 g/mol. The Morgan fingerprint density at radius 3 is 2.75 bits per heavy atom. The Labute approximate surface area is 121 Å². The lowest BCUT2D eigenvalue weighted by Crippen LogP contribution is -2.13. The molecular formula is C15H15FN2OS. The Morgan fingerprint density at radius 2 is 2.05 bits per heavy atom. The molecule has 0 fully saturated rings. The Kier molecular flexibility index (Phi) is 4.63. The molecule has 0 aliphatic heterocycles. The first-order chi connectivity index (χ1) is 9.61. The minimum atomic E-state index is -0.589. The predicted octanol–water partition coefficient (Wildman–Crippen LogP) is 3.77. The highest BCUT2D eigenvalue weighted by Crippen LogP contribution is 2.27. The molecule has 3 nitrogen and oxygen atoms in total. The molecule has 3 N–H and O–H groups in total. The highest BCUT2D eigenvalue weighted by atomic mass is 32.2. The van der Waals surface area contributed by atoms with Gasteiger partial charge in [0.2, 0.25) is 0 Å². The number of hydrogen-bond donors (Lipinski definition) is 2. The van der Waals surface area contributed by atoms with Crippen molar-refractivity contribution in [3.8, 4) is 0 Å². The van der Waals surface area contributed by atoms with Gasteiger partial charge < -0.3 is 11.1 Å². The largest absolute Gasteiger partial charge is 0.396 e. The fourth-order valence-corrected chi connectivity index (χ4v) is 2.47. The molecule has 0 saturated carbocycles. The van der Waals surface area contributed by atoms with E-state index in [9.17, 15) is 9.18 Å². The molecule has 0 saturated heterocycles. The van der Waals surface area contributed by atoms with Gasteiger partial charge in [0.1, 0.15) is 5.82 Å². The van der Waals surface area contributed by atoms with Crippen LogP contribution in [0.1, 0.15) is 17.3 Å². The zero-order valence-corrected chi connectivity index (χ0v) is 11.8. The van der Waals surface area contributed by atoms with E-state index in [0.717, 1.165) is 22.4 Å². The van der Waals surface area contributed by atoms with E-state index >= 15 is 0 Å². The number of carbonyl (C=O) groups is 1. The van der Waals surface area contributed by atoms with Crippen molar-refractivity contribution in [1.29, 1.82) is 0 Å². The van der Waals surface area contributed by atoms with Crippen LogP contribution in [0.5, 0.6) is 0 Å². The summed E-state index contributed by atoms with van der Waals surface area (Å²) in [5.41, 5.74) is 6.39. The van der Waals surface area contributed by atoms with Crippen LogP contribution >= 0.6 is 11.8 Å². The number of nitrogens with one attached hydrogen (secondary N) is 1. The van der Waals surface area contributed by atoms with Crippen LogP contribution in [0.25, 0.3) is 0 Å². The summed E-state index contributed by atoms with van der Waals surface area (Å²) >= 11 is 1.64. The van der Waals surface area contributed by atoms with Gasteiger partial charge in [-0.1, -0.05) is 19.1 Å². The van der Waals surface area contributed by atoms with E-state index in [2.05, 4.69) is 5.32 Å². The van der Waals surface area contributed by atoms with Crippen LogP contribution in [0.15, 0.2) is 47.4 Å². The molecule has 20 heavy (non-hydrogen) atoms. The molecule has 1 amide bonds. The molecule has 0 spiro atoms. The van der Waals surface area contributed by atoms with E-state index in [4.69, 9.17) is 5.73 Å². The first kappa shape index (κ1) is 14.4. The van der Waals surface area contributed by atoms with Gasteiger partial charge in [-0.3, -0.25) is 4.79 Å². The van der Waals surface area contributed by atoms with Gasteiger partial charge in [0.05, 0.1) is 11.4 Å². The number of nitrogens with two attached hydrogens (primary N) is 1. The summed E-state index contributed by atoms with van der Waals surface area (Å²) in [5, 5.41) is 2.79. The molecule has 0 heterocycles. The summed E-state index contributed by atoms with van der Waals surface area (Å²) in [5.74, 6) is -0.0365. The normalized spacial score (nSPS) is 10.3. The quantitative estimate of drug-likeness (QED) is 0.665. The number of thioether (sulfide) groups is 1. The Hall–Kier alpha value is -2.01. The van der Waals surface area contributed by atoms with Crippen LogP contribution in [0.2, 0.25) is 0 Å². The molecule has 2 rings (SSSR count). The minimum Gasteiger partial charge on any atom is -0.396 e. The number of rotatable bonds is 4. The number of amides is 1. The van der Waals surface area contributed by atoms with Gasteiger partial charge in [-0.05, 0) is 36.1 Å². The summed E-state index contributed by atoms with van der Waals surface area (Å²) < 4.78 is 13.4. The van der Waals surface area contributed by atoms with Crippen molar-refractivity contribution in [2.45, 2.75) is 11.8 Å². The Bertz CT molecular complexity index is 631. The second-order valence-corrected chi connectivity index (χ2v) is 5.43. The summed E-state index contributed by atoms with van der Waals surface area (Å²) in [6, 6.07) is 11.5. The lowest BCUT2D eigenvalue weighted by Gasteiger charge is -2.10. The molecule has 5 heteroatoms. The lowest BCUT2D eigenvalue weighted by atomic mass is 10.2. The van der Waals surface area contributed by atoms with Gasteiger partial charge in [0.25, 0.3) is 5.91 Å². The third kappa shape index (κ3) is 3.30. The number of anilines is 2. The standard InChI is InChI=1S/C15H15FN2OS/c1-2-20-14-6-4-3-5-13(14)18-15(19)10-7-8-12(17)11(16)9-10/h3-9H,2,17H2,1H3,(H,18,19). The summed E-state index contributed by atoms with van der Waals surface area (Å²) in [4.78, 5) is 13.1. The first-order valence-electron chi connectivity index (χ1n) is 6.20. The second kappa shape index (κ2) is 6.43. The van der Waals surface area contributed by atoms with Gasteiger partial charge in [0, 0.05) is 10.5 Å². The van der Waals surface area contributed by atoms with Crippen LogP contribution < -0.4 is 11.1 Å². The topological polar surface area (TPSA) is 55.1 Å². The van der Waals surface area contributed by atoms with Crippen molar-refractivity contribution < 1.29 is 9.18 Å². The molecule has 2 aromatic rings. The van der Waals surface area contributed by atoms with Crippen molar-refractivity contribution in [2.24, 2.45) is 0 Å². The smallest absolute Gasteiger partial charge is 0.255 e. The summed E-state index contributed by atoms with van der Waals surface area (Å²) in [7, 11) is 0. The fourth-order valence-electron chi connectivity index (χ4n) is 1.71. The molecule has 0 unspecified atom stereocenters. The van der Waals surface area contributed by atoms with Crippen molar-refractivity contribution in [1.82, 2.24) is 0 Å². The van der Waals surface area contributed by atoms with Gasteiger partial charge >= 0.3 is 0 Å². The maximum Gasteiger partial charge on any atom is 0.255 e. The zero-order chi connectivity index (χ0) is 14.5. The van der Waals surface area contributed by atoms with E-state index in [1.54, 1.807) is 11.8 Å². The fraction of sp³-hybridized carbons (Fsp3) is 0.133. The van der Waals surface area contributed by atoms with E-state index in [0.29, 0.717) is 0 Å². The van der Waals surface area contributed by atoms with Gasteiger partial charge in [-0.2, -0.15) is 0 Å². The van der Waals surface area contributed by atoms with Crippen molar-refractivity contribution in [3.63, 3.8) is 0 Å². The number of halogens is 1. The summed E-state index contributed by atoms with van der Waals surface area (Å²) in [6.07, 6.45) is 0. The maximum atomic E-state index is 13.4. The van der Waals surface area contributed by atoms with Crippen LogP contribution in [0.4, 0.5) is 15.8 Å². The molecule has 0 atom stereocenters. The molecule has 0 aliphatic carbocycles. The highest BCUT2D eigenvalue weighted by Gasteiger charge is 2.10. The van der Waals surface area contributed by atoms with Gasteiger partial charge in [-0.15, -0.1) is 11.8 Å². The third-order valence-electron chi connectivity index (χ3n) is 2.70. The van der Waals surface area contributed by atoms with Gasteiger partial charge in [0.15, 0.2) is 0 Å². The van der Waals surface area contributed by atoms with E-state index in [1.807, 2.05) is 31.2 Å². The molecule has 104 valence electrons. The molecule has 0 bridgehead atoms. The minimum absolute atomic E-state index is 0.0310. The summed E-state index contributed by atoms with van der Waals surface area (Å²) in [6.45, 7) is 2.04. The third-order valence-corrected chi connectivity index (χ3v) is 3.65. The first-order valence-corrected chi connectivity index (χ1v) is 7.18. The van der Waals surface area contributed by atoms with Crippen molar-refractivity contribution in [3.05, 3.63) is 53.8 Å². The number of carbonyl (C=O) groups excluding carboxylic acids is 1. The molecule has 2 aromatic carbocycles. The maximum absolute atomic E-state index is 13.4. The van der Waals surface area contributed by atoms with Crippen LogP contribution in [0, 0.1) is 5.82 Å².